The van der Waals surface area contributed by atoms with Crippen LogP contribution in [0.4, 0.5) is 17.1 Å². The monoisotopic (exact) mass is 381 g/mol. The summed E-state index contributed by atoms with van der Waals surface area (Å²) in [5.41, 5.74) is 1.35. The summed E-state index contributed by atoms with van der Waals surface area (Å²) < 4.78 is 5.27. The second-order valence-electron chi connectivity index (χ2n) is 6.91. The first-order valence-corrected chi connectivity index (χ1v) is 9.65. The van der Waals surface area contributed by atoms with Crippen molar-refractivity contribution in [2.45, 2.75) is 26.7 Å². The Morgan fingerprint density at radius 1 is 0.964 bits per heavy atom. The fourth-order valence-electron chi connectivity index (χ4n) is 3.27. The number of hydrogen-bond donors (Lipinski definition) is 2. The third-order valence-electron chi connectivity index (χ3n) is 5.23. The Kier molecular flexibility index (Phi) is 5.87. The van der Waals surface area contributed by atoms with Gasteiger partial charge in [-0.25, -0.2) is 0 Å². The summed E-state index contributed by atoms with van der Waals surface area (Å²) >= 11 is 0. The zero-order chi connectivity index (χ0) is 20.1. The average Bonchev–Trinajstić information content (AvgIpc) is 3.53. The highest BCUT2D eigenvalue weighted by atomic mass is 16.5. The van der Waals surface area contributed by atoms with Crippen LogP contribution in [0.2, 0.25) is 0 Å². The number of rotatable bonds is 8. The van der Waals surface area contributed by atoms with Crippen LogP contribution in [0.5, 0.6) is 5.75 Å². The van der Waals surface area contributed by atoms with Gasteiger partial charge in [-0.1, -0.05) is 12.1 Å². The molecule has 3 rings (SSSR count). The zero-order valence-electron chi connectivity index (χ0n) is 16.6. The van der Waals surface area contributed by atoms with Gasteiger partial charge in [0.05, 0.1) is 12.8 Å². The lowest BCUT2D eigenvalue weighted by Gasteiger charge is -2.21. The molecule has 2 amide bonds. The van der Waals surface area contributed by atoms with Crippen molar-refractivity contribution in [2.24, 2.45) is 5.41 Å². The van der Waals surface area contributed by atoms with E-state index < -0.39 is 5.41 Å². The highest BCUT2D eigenvalue weighted by molar-refractivity contribution is 6.17. The van der Waals surface area contributed by atoms with Crippen molar-refractivity contribution in [1.29, 1.82) is 0 Å². The Labute approximate surface area is 165 Å². The van der Waals surface area contributed by atoms with Gasteiger partial charge in [0.15, 0.2) is 0 Å². The number of hydrogen-bond acceptors (Lipinski definition) is 4. The first kappa shape index (κ1) is 19.7. The zero-order valence-corrected chi connectivity index (χ0v) is 16.6. The molecule has 148 valence electrons. The number of carbonyl (C=O) groups is 2. The second kappa shape index (κ2) is 8.33. The number of para-hydroxylation sites is 2. The molecule has 1 fully saturated rings. The fourth-order valence-corrected chi connectivity index (χ4v) is 3.27. The first-order chi connectivity index (χ1) is 13.5. The largest absolute Gasteiger partial charge is 0.495 e. The molecular weight excluding hydrogens is 354 g/mol. The number of nitrogens with one attached hydrogen (secondary N) is 2. The Hall–Kier alpha value is -3.02. The van der Waals surface area contributed by atoms with E-state index >= 15 is 0 Å². The summed E-state index contributed by atoms with van der Waals surface area (Å²) in [6.45, 7) is 6.07. The third-order valence-corrected chi connectivity index (χ3v) is 5.23. The van der Waals surface area contributed by atoms with Gasteiger partial charge in [-0.2, -0.15) is 0 Å². The molecule has 0 heterocycles. The highest BCUT2D eigenvalue weighted by Crippen LogP contribution is 2.48. The van der Waals surface area contributed by atoms with Crippen LogP contribution in [0.3, 0.4) is 0 Å². The maximum Gasteiger partial charge on any atom is 0.240 e. The number of ether oxygens (including phenoxy) is 1. The van der Waals surface area contributed by atoms with Crippen LogP contribution in [-0.4, -0.2) is 32.0 Å². The molecule has 0 atom stereocenters. The molecule has 0 aliphatic heterocycles. The van der Waals surface area contributed by atoms with Crippen LogP contribution in [0.15, 0.2) is 48.5 Å². The van der Waals surface area contributed by atoms with Crippen molar-refractivity contribution in [3.63, 3.8) is 0 Å². The van der Waals surface area contributed by atoms with E-state index in [1.165, 1.54) is 0 Å². The topological polar surface area (TPSA) is 70.7 Å². The van der Waals surface area contributed by atoms with Gasteiger partial charge in [0.1, 0.15) is 11.2 Å². The molecule has 0 bridgehead atoms. The van der Waals surface area contributed by atoms with E-state index in [9.17, 15) is 9.59 Å². The minimum Gasteiger partial charge on any atom is -0.495 e. The second-order valence-corrected chi connectivity index (χ2v) is 6.91. The van der Waals surface area contributed by atoms with Crippen molar-refractivity contribution >= 4 is 28.9 Å². The lowest BCUT2D eigenvalue weighted by Crippen LogP contribution is -2.35. The lowest BCUT2D eigenvalue weighted by molar-refractivity contribution is -0.131. The van der Waals surface area contributed by atoms with Gasteiger partial charge in [-0.15, -0.1) is 0 Å². The molecule has 0 saturated heterocycles. The molecule has 28 heavy (non-hydrogen) atoms. The first-order valence-electron chi connectivity index (χ1n) is 9.65. The summed E-state index contributed by atoms with van der Waals surface area (Å²) in [4.78, 5) is 27.8. The van der Waals surface area contributed by atoms with Gasteiger partial charge in [-0.3, -0.25) is 9.59 Å². The summed E-state index contributed by atoms with van der Waals surface area (Å²) in [5, 5.41) is 5.73. The van der Waals surface area contributed by atoms with E-state index in [1.807, 2.05) is 36.4 Å². The molecular formula is C22H27N3O3. The predicted molar refractivity (Wildman–Crippen MR) is 112 cm³/mol. The van der Waals surface area contributed by atoms with E-state index in [4.69, 9.17) is 4.74 Å². The maximum atomic E-state index is 12.8. The van der Waals surface area contributed by atoms with Gasteiger partial charge in [0, 0.05) is 24.5 Å². The quantitative estimate of drug-likeness (QED) is 0.681. The normalized spacial score (nSPS) is 14.1. The molecule has 1 saturated carbocycles. The molecule has 0 unspecified atom stereocenters. The fraction of sp³-hybridized carbons (Fsp3) is 0.364. The van der Waals surface area contributed by atoms with Crippen molar-refractivity contribution in [2.75, 3.05) is 35.7 Å². The summed E-state index contributed by atoms with van der Waals surface area (Å²) in [7, 11) is 1.55. The van der Waals surface area contributed by atoms with Crippen LogP contribution in [0.1, 0.15) is 26.7 Å². The number of benzene rings is 2. The van der Waals surface area contributed by atoms with Crippen LogP contribution < -0.4 is 20.3 Å². The summed E-state index contributed by atoms with van der Waals surface area (Å²) in [6.07, 6.45) is 1.08. The van der Waals surface area contributed by atoms with E-state index in [0.29, 0.717) is 30.0 Å². The molecule has 6 nitrogen and oxygen atoms in total. The summed E-state index contributed by atoms with van der Waals surface area (Å²) in [5.74, 6) is 0.00352. The van der Waals surface area contributed by atoms with Gasteiger partial charge in [0.25, 0.3) is 0 Å². The van der Waals surface area contributed by atoms with E-state index in [2.05, 4.69) is 29.4 Å². The third kappa shape index (κ3) is 3.96. The molecule has 2 aromatic carbocycles. The van der Waals surface area contributed by atoms with Gasteiger partial charge < -0.3 is 20.3 Å². The lowest BCUT2D eigenvalue weighted by atomic mass is 10.0. The molecule has 2 aromatic rings. The van der Waals surface area contributed by atoms with Gasteiger partial charge in [-0.05, 0) is 63.1 Å². The van der Waals surface area contributed by atoms with Crippen molar-refractivity contribution in [3.8, 4) is 5.75 Å². The molecule has 1 aliphatic carbocycles. The van der Waals surface area contributed by atoms with Crippen molar-refractivity contribution in [3.05, 3.63) is 48.5 Å². The average molecular weight is 381 g/mol. The molecule has 2 N–H and O–H groups in total. The number of anilines is 3. The van der Waals surface area contributed by atoms with Gasteiger partial charge >= 0.3 is 0 Å². The SMILES string of the molecule is CCN(CC)c1ccc(NC(=O)C2(C(=O)Nc3ccccc3OC)CC2)cc1. The molecule has 0 radical (unpaired) electrons. The number of methoxy groups -OCH3 is 1. The van der Waals surface area contributed by atoms with Crippen LogP contribution in [0.25, 0.3) is 0 Å². The minimum atomic E-state index is -1.02. The molecule has 0 aromatic heterocycles. The maximum absolute atomic E-state index is 12.8. The molecule has 1 aliphatic rings. The predicted octanol–water partition coefficient (Wildman–Crippen LogP) is 3.90. The highest BCUT2D eigenvalue weighted by Gasteiger charge is 2.56. The Morgan fingerprint density at radius 3 is 2.14 bits per heavy atom. The molecule has 6 heteroatoms. The Bertz CT molecular complexity index is 840. The minimum absolute atomic E-state index is 0.268. The number of nitrogens with zero attached hydrogens (tertiary/aromatic N) is 1. The Morgan fingerprint density at radius 2 is 1.57 bits per heavy atom. The number of amides is 2. The standard InChI is InChI=1S/C22H27N3O3/c1-4-25(5-2)17-12-10-16(11-13-17)23-20(26)22(14-15-22)21(27)24-18-8-6-7-9-19(18)28-3/h6-13H,4-5,14-15H2,1-3H3,(H,23,26)(H,24,27). The number of carbonyl (C=O) groups excluding carboxylic acids is 2. The van der Waals surface area contributed by atoms with Gasteiger partial charge in [0.2, 0.25) is 11.8 Å². The van der Waals surface area contributed by atoms with E-state index in [0.717, 1.165) is 18.8 Å². The van der Waals surface area contributed by atoms with E-state index in [-0.39, 0.29) is 11.8 Å². The molecule has 0 spiro atoms. The summed E-state index contributed by atoms with van der Waals surface area (Å²) in [6, 6.07) is 14.9. The van der Waals surface area contributed by atoms with E-state index in [1.54, 1.807) is 19.2 Å². The smallest absolute Gasteiger partial charge is 0.240 e. The van der Waals surface area contributed by atoms with Crippen LogP contribution in [0, 0.1) is 5.41 Å². The van der Waals surface area contributed by atoms with Crippen molar-refractivity contribution < 1.29 is 14.3 Å². The van der Waals surface area contributed by atoms with Crippen LogP contribution in [-0.2, 0) is 9.59 Å². The van der Waals surface area contributed by atoms with Crippen LogP contribution >= 0.6 is 0 Å². The Balaban J connectivity index is 1.67. The van der Waals surface area contributed by atoms with Crippen molar-refractivity contribution in [1.82, 2.24) is 0 Å².